The van der Waals surface area contributed by atoms with Gasteiger partial charge in [0.15, 0.2) is 0 Å². The molecule has 0 aromatic carbocycles. The zero-order valence-electron chi connectivity index (χ0n) is 40.0. The van der Waals surface area contributed by atoms with Gasteiger partial charge in [-0.2, -0.15) is 0 Å². The summed E-state index contributed by atoms with van der Waals surface area (Å²) in [5.41, 5.74) is 0. The number of hydrogen-bond acceptors (Lipinski definition) is 4. The van der Waals surface area contributed by atoms with Crippen LogP contribution in [0.1, 0.15) is 298 Å². The SMILES string of the molecule is CCCCC(CC)[CH2][Sn+2][CH2]C(CC)CCCC.CCCCCCCCCCCCCCCCCC(=O)[O-].CCCCCCCCCCCCCCCCCC(=O)[O-]. The Labute approximate surface area is 370 Å². The summed E-state index contributed by atoms with van der Waals surface area (Å²) in [6.07, 6.45) is 51.3. The number of carbonyl (C=O) groups excluding carboxylic acids is 2. The fourth-order valence-electron chi connectivity index (χ4n) is 7.66. The van der Waals surface area contributed by atoms with E-state index in [1.165, 1.54) is 218 Å². The molecule has 4 nitrogen and oxygen atoms in total. The van der Waals surface area contributed by atoms with E-state index in [1.807, 2.05) is 0 Å². The molecule has 2 atom stereocenters. The summed E-state index contributed by atoms with van der Waals surface area (Å²) in [6, 6.07) is 0. The van der Waals surface area contributed by atoms with E-state index in [-0.39, 0.29) is 34.0 Å². The van der Waals surface area contributed by atoms with Crippen LogP contribution in [0.2, 0.25) is 8.87 Å². The molecule has 0 fully saturated rings. The molecule has 0 aliphatic carbocycles. The van der Waals surface area contributed by atoms with Crippen LogP contribution in [0.3, 0.4) is 0 Å². The summed E-state index contributed by atoms with van der Waals surface area (Å²) in [7, 11) is 0. The van der Waals surface area contributed by atoms with Crippen molar-refractivity contribution < 1.29 is 19.8 Å². The minimum absolute atomic E-state index is 0.0388. The molecule has 0 amide bonds. The molecule has 0 N–H and O–H groups in total. The van der Waals surface area contributed by atoms with Crippen molar-refractivity contribution >= 4 is 33.1 Å². The van der Waals surface area contributed by atoms with Crippen molar-refractivity contribution in [3.05, 3.63) is 0 Å². The molecule has 2 unspecified atom stereocenters. The number of hydrogen-bond donors (Lipinski definition) is 0. The van der Waals surface area contributed by atoms with Crippen LogP contribution in [0.5, 0.6) is 0 Å². The van der Waals surface area contributed by atoms with Gasteiger partial charge >= 0.3 is 121 Å². The zero-order valence-corrected chi connectivity index (χ0v) is 42.8. The quantitative estimate of drug-likeness (QED) is 0.0450. The standard InChI is InChI=1S/2C18H36O2.2C8H17.Sn/c2*1-2-3-4-5-6-7-8-9-10-11-12-13-14-15-16-17-18(19)20;2*1-4-6-7-8(3)5-2;/h2*2-17H2,1H3,(H,19,20);2*8H,3-7H2,1-2H3;/q;;;;+2/p-2. The van der Waals surface area contributed by atoms with Gasteiger partial charge in [0, 0.05) is 11.9 Å². The van der Waals surface area contributed by atoms with Gasteiger partial charge in [0.05, 0.1) is 0 Å². The van der Waals surface area contributed by atoms with Crippen molar-refractivity contribution in [1.29, 1.82) is 0 Å². The van der Waals surface area contributed by atoms with E-state index >= 15 is 0 Å². The molecule has 0 aliphatic heterocycles. The molecular weight excluding hydrogens is 807 g/mol. The number of aliphatic carboxylic acids is 2. The molecule has 0 heterocycles. The van der Waals surface area contributed by atoms with Crippen LogP contribution in [0.4, 0.5) is 0 Å². The Hall–Kier alpha value is -0.261. The second-order valence-electron chi connectivity index (χ2n) is 17.6. The molecule has 0 saturated heterocycles. The Bertz CT molecular complexity index is 684. The Kier molecular flexibility index (Phi) is 59.7. The first kappa shape index (κ1) is 61.0. The minimum atomic E-state index is -0.903. The van der Waals surface area contributed by atoms with Gasteiger partial charge in [0.2, 0.25) is 0 Å². The van der Waals surface area contributed by atoms with Gasteiger partial charge in [0.25, 0.3) is 0 Å². The third-order valence-electron chi connectivity index (χ3n) is 11.9. The Morgan fingerprint density at radius 1 is 0.333 bits per heavy atom. The topological polar surface area (TPSA) is 80.3 Å². The molecule has 5 heteroatoms. The summed E-state index contributed by atoms with van der Waals surface area (Å²) in [5, 5.41) is 20.4. The van der Waals surface area contributed by atoms with Crippen LogP contribution >= 0.6 is 0 Å². The number of carbonyl (C=O) groups is 2. The monoisotopic (exact) mass is 913 g/mol. The largest absolute Gasteiger partial charge is 0.550 e. The van der Waals surface area contributed by atoms with Gasteiger partial charge in [-0.05, 0) is 25.7 Å². The van der Waals surface area contributed by atoms with Crippen molar-refractivity contribution in [2.24, 2.45) is 11.8 Å². The molecule has 0 saturated carbocycles. The molecule has 0 aromatic heterocycles. The molecule has 57 heavy (non-hydrogen) atoms. The van der Waals surface area contributed by atoms with E-state index in [0.717, 1.165) is 37.5 Å². The van der Waals surface area contributed by atoms with Crippen LogP contribution < -0.4 is 10.2 Å². The van der Waals surface area contributed by atoms with E-state index in [1.54, 1.807) is 8.87 Å². The molecule has 0 rings (SSSR count). The normalized spacial score (nSPS) is 11.9. The van der Waals surface area contributed by atoms with Crippen LogP contribution in [-0.4, -0.2) is 33.1 Å². The Morgan fingerprint density at radius 2 is 0.544 bits per heavy atom. The average Bonchev–Trinajstić information content (AvgIpc) is 3.20. The molecule has 0 spiro atoms. The fraction of sp³-hybridized carbons (Fsp3) is 0.962. The number of unbranched alkanes of at least 4 members (excludes halogenated alkanes) is 30. The third-order valence-corrected chi connectivity index (χ3v) is 16.9. The molecule has 340 valence electrons. The summed E-state index contributed by atoms with van der Waals surface area (Å²) in [5.74, 6) is 0.370. The Morgan fingerprint density at radius 3 is 0.737 bits per heavy atom. The summed E-state index contributed by atoms with van der Waals surface area (Å²) < 4.78 is 3.31. The first-order valence-electron chi connectivity index (χ1n) is 25.9. The predicted molar refractivity (Wildman–Crippen MR) is 251 cm³/mol. The number of carboxylic acid groups (broad SMARTS) is 2. The van der Waals surface area contributed by atoms with E-state index in [9.17, 15) is 19.8 Å². The Balaban J connectivity index is -0.000000771. The van der Waals surface area contributed by atoms with Crippen LogP contribution in [-0.2, 0) is 9.59 Å². The van der Waals surface area contributed by atoms with E-state index in [4.69, 9.17) is 0 Å². The zero-order chi connectivity index (χ0) is 42.7. The fourth-order valence-corrected chi connectivity index (χ4v) is 13.3. The van der Waals surface area contributed by atoms with Crippen LogP contribution in [0.25, 0.3) is 0 Å². The van der Waals surface area contributed by atoms with E-state index in [0.29, 0.717) is 0 Å². The van der Waals surface area contributed by atoms with Crippen molar-refractivity contribution in [2.75, 3.05) is 0 Å². The first-order valence-corrected chi connectivity index (χ1v) is 30.0. The van der Waals surface area contributed by atoms with E-state index in [2.05, 4.69) is 41.5 Å². The van der Waals surface area contributed by atoms with Gasteiger partial charge in [0.1, 0.15) is 0 Å². The summed E-state index contributed by atoms with van der Waals surface area (Å²) >= 11 is -0.0388. The van der Waals surface area contributed by atoms with Gasteiger partial charge in [-0.25, -0.2) is 0 Å². The number of carboxylic acids is 2. The molecule has 0 radical (unpaired) electrons. The minimum Gasteiger partial charge on any atom is -0.550 e. The maximum atomic E-state index is 10.2. The van der Waals surface area contributed by atoms with Gasteiger partial charge in [-0.15, -0.1) is 0 Å². The third kappa shape index (κ3) is 60.1. The maximum absolute atomic E-state index is 10.2. The van der Waals surface area contributed by atoms with Crippen molar-refractivity contribution in [3.63, 3.8) is 0 Å². The average molecular weight is 912 g/mol. The van der Waals surface area contributed by atoms with Crippen LogP contribution in [0.15, 0.2) is 0 Å². The number of rotatable bonds is 44. The van der Waals surface area contributed by atoms with Gasteiger partial charge in [-0.3, -0.25) is 0 Å². The molecule has 0 aliphatic rings. The van der Waals surface area contributed by atoms with Crippen molar-refractivity contribution in [2.45, 2.75) is 307 Å². The van der Waals surface area contributed by atoms with Crippen molar-refractivity contribution in [1.82, 2.24) is 0 Å². The van der Waals surface area contributed by atoms with Crippen LogP contribution in [0, 0.1) is 11.8 Å². The van der Waals surface area contributed by atoms with E-state index < -0.39 is 11.9 Å². The molecule has 0 bridgehead atoms. The second kappa shape index (κ2) is 55.7. The van der Waals surface area contributed by atoms with Gasteiger partial charge in [-0.1, -0.05) is 194 Å². The first-order chi connectivity index (χ1) is 27.8. The molecular formula is C52H104O4Sn. The molecule has 0 aromatic rings. The van der Waals surface area contributed by atoms with Crippen molar-refractivity contribution in [3.8, 4) is 0 Å². The summed E-state index contributed by atoms with van der Waals surface area (Å²) in [4.78, 5) is 20.4. The predicted octanol–water partition coefficient (Wildman–Crippen LogP) is 16.0. The smallest absolute Gasteiger partial charge is 0.0414 e. The maximum Gasteiger partial charge on any atom is 0.0414 e. The second-order valence-corrected chi connectivity index (χ2v) is 21.4. The van der Waals surface area contributed by atoms with Gasteiger partial charge < -0.3 is 19.8 Å². The summed E-state index contributed by atoms with van der Waals surface area (Å²) in [6.45, 7) is 14.0.